The zero-order valence-corrected chi connectivity index (χ0v) is 33.7. The zero-order valence-electron chi connectivity index (χ0n) is 33.7. The van der Waals surface area contributed by atoms with Gasteiger partial charge in [0.15, 0.2) is 5.78 Å². The lowest BCUT2D eigenvalue weighted by Crippen LogP contribution is -2.62. The summed E-state index contributed by atoms with van der Waals surface area (Å²) < 4.78 is 8.91. The summed E-state index contributed by atoms with van der Waals surface area (Å²) in [5, 5.41) is 28.1. The fourth-order valence-electron chi connectivity index (χ4n) is 13.0. The largest absolute Gasteiger partial charge is 0.392 e. The van der Waals surface area contributed by atoms with E-state index in [1.54, 1.807) is 6.08 Å². The first kappa shape index (κ1) is 36.7. The summed E-state index contributed by atoms with van der Waals surface area (Å²) in [4.78, 5) is 27.5. The topological polar surface area (TPSA) is 101 Å². The summed E-state index contributed by atoms with van der Waals surface area (Å²) in [7, 11) is 0. The van der Waals surface area contributed by atoms with Crippen molar-refractivity contribution in [2.24, 2.45) is 28.6 Å². The van der Waals surface area contributed by atoms with Gasteiger partial charge in [0.05, 0.1) is 34.5 Å². The Balaban J connectivity index is 1.31. The number of aliphatic hydroxyl groups is 2. The maximum atomic E-state index is 14.9. The van der Waals surface area contributed by atoms with Crippen molar-refractivity contribution in [3.05, 3.63) is 76.0 Å². The van der Waals surface area contributed by atoms with Crippen molar-refractivity contribution in [2.45, 2.75) is 149 Å². The number of amides is 1. The third-order valence-electron chi connectivity index (χ3n) is 15.1. The lowest BCUT2D eigenvalue weighted by Gasteiger charge is -2.64. The molecule has 7 nitrogen and oxygen atoms in total. The molecule has 2 saturated carbocycles. The molecule has 6 aliphatic rings. The second kappa shape index (κ2) is 11.4. The quantitative estimate of drug-likeness (QED) is 0.163. The molecule has 8 rings (SSSR count). The number of Topliss-reactive ketones (excluding diaryl/α,β-unsaturated/α-hetero) is 1. The van der Waals surface area contributed by atoms with Gasteiger partial charge in [-0.3, -0.25) is 9.59 Å². The molecule has 2 aliphatic heterocycles. The summed E-state index contributed by atoms with van der Waals surface area (Å²) in [5.41, 5.74) is 6.67. The highest BCUT2D eigenvalue weighted by molar-refractivity contribution is 6.18. The smallest absolute Gasteiger partial charge is 0.244 e. The molecule has 1 amide bonds. The van der Waals surface area contributed by atoms with Crippen molar-refractivity contribution in [1.82, 2.24) is 9.88 Å². The van der Waals surface area contributed by atoms with Crippen molar-refractivity contribution >= 4 is 28.2 Å². The van der Waals surface area contributed by atoms with Gasteiger partial charge in [-0.15, -0.1) is 0 Å². The second-order valence-electron chi connectivity index (χ2n) is 19.7. The van der Waals surface area contributed by atoms with Crippen molar-refractivity contribution in [1.29, 1.82) is 0 Å². The Kier molecular flexibility index (Phi) is 7.89. The Morgan fingerprint density at radius 3 is 2.43 bits per heavy atom. The number of aromatic nitrogens is 1. The van der Waals surface area contributed by atoms with Gasteiger partial charge in [-0.05, 0) is 139 Å². The first-order chi connectivity index (χ1) is 24.6. The highest BCUT2D eigenvalue weighted by Crippen LogP contribution is 2.71. The summed E-state index contributed by atoms with van der Waals surface area (Å²) in [5.74, 6) is 0.224. The van der Waals surface area contributed by atoms with Crippen LogP contribution < -0.4 is 5.32 Å². The van der Waals surface area contributed by atoms with Gasteiger partial charge >= 0.3 is 0 Å². The first-order valence-electron chi connectivity index (χ1n) is 20.0. The van der Waals surface area contributed by atoms with E-state index >= 15 is 0 Å². The van der Waals surface area contributed by atoms with Crippen molar-refractivity contribution < 1.29 is 24.5 Å². The fourth-order valence-corrected chi connectivity index (χ4v) is 13.0. The highest BCUT2D eigenvalue weighted by atomic mass is 16.5. The molecule has 1 aromatic carbocycles. The van der Waals surface area contributed by atoms with Crippen LogP contribution in [0.1, 0.15) is 147 Å². The fraction of sp³-hybridized carbons (Fsp3) is 0.609. The lowest BCUT2D eigenvalue weighted by atomic mass is 9.40. The first-order valence-corrected chi connectivity index (χ1v) is 20.0. The number of aliphatic hydroxyl groups excluding tert-OH is 2. The molecule has 7 heteroatoms. The van der Waals surface area contributed by atoms with Crippen LogP contribution in [0.2, 0.25) is 0 Å². The number of ketones is 1. The molecule has 2 fully saturated rings. The molecule has 1 aromatic heterocycles. The van der Waals surface area contributed by atoms with E-state index in [1.807, 2.05) is 33.8 Å². The van der Waals surface area contributed by atoms with E-state index in [2.05, 4.69) is 83.1 Å². The van der Waals surface area contributed by atoms with E-state index in [4.69, 9.17) is 4.74 Å². The van der Waals surface area contributed by atoms with Gasteiger partial charge in [-0.25, -0.2) is 0 Å². The summed E-state index contributed by atoms with van der Waals surface area (Å²) >= 11 is 0. The van der Waals surface area contributed by atoms with Crippen LogP contribution in [0.25, 0.3) is 16.5 Å². The number of benzene rings is 1. The third kappa shape index (κ3) is 4.75. The number of hydrogen-bond donors (Lipinski definition) is 3. The van der Waals surface area contributed by atoms with E-state index in [1.165, 1.54) is 11.3 Å². The van der Waals surface area contributed by atoms with Gasteiger partial charge in [0.1, 0.15) is 6.04 Å². The molecule has 0 saturated heterocycles. The van der Waals surface area contributed by atoms with Crippen molar-refractivity contribution in [2.75, 3.05) is 0 Å². The van der Waals surface area contributed by atoms with Crippen molar-refractivity contribution in [3.63, 3.8) is 0 Å². The number of ether oxygens (including phenoxy) is 1. The molecular formula is C46H60N2O5. The van der Waals surface area contributed by atoms with Gasteiger partial charge in [-0.1, -0.05) is 45.1 Å². The Hall–Kier alpha value is -3.26. The van der Waals surface area contributed by atoms with Crippen LogP contribution in [0.15, 0.2) is 48.1 Å². The molecule has 2 aromatic rings. The Morgan fingerprint density at radius 1 is 1.08 bits per heavy atom. The van der Waals surface area contributed by atoms with E-state index in [0.717, 1.165) is 64.4 Å². The molecular weight excluding hydrogens is 661 g/mol. The van der Waals surface area contributed by atoms with E-state index < -0.39 is 34.9 Å². The van der Waals surface area contributed by atoms with Crippen LogP contribution in [0, 0.1) is 28.6 Å². The van der Waals surface area contributed by atoms with Crippen LogP contribution in [-0.2, 0) is 21.4 Å². The number of hydrogen-bond acceptors (Lipinski definition) is 5. The molecule has 4 aliphatic carbocycles. The maximum absolute atomic E-state index is 14.9. The molecule has 0 radical (unpaired) electrons. The minimum atomic E-state index is -0.853. The minimum Gasteiger partial charge on any atom is -0.392 e. The summed E-state index contributed by atoms with van der Waals surface area (Å²) in [6.45, 7) is 27.6. The Morgan fingerprint density at radius 2 is 1.77 bits per heavy atom. The SMILES string of the molecule is C=C(C)[C@H]1C(=O)c2c3c(cc4c5c(n1c24)[C@@]1(C)C(CC[C@H]2[C@](C)(/C=C/C(C)=C/C(=O)NC(C)C)[C@@H](O)CC[C@@]21C)C5)C1=CC(C)(C)OC(C)(C)C1[C@@H]3O. The molecule has 0 spiro atoms. The Labute approximate surface area is 315 Å². The second-order valence-corrected chi connectivity index (χ2v) is 19.7. The normalized spacial score (nSPS) is 37.7. The van der Waals surface area contributed by atoms with Crippen LogP contribution in [0.4, 0.5) is 0 Å². The van der Waals surface area contributed by atoms with E-state index in [-0.39, 0.29) is 40.4 Å². The van der Waals surface area contributed by atoms with Crippen molar-refractivity contribution in [3.8, 4) is 0 Å². The number of allylic oxidation sites excluding steroid dienone is 3. The molecule has 3 heterocycles. The lowest BCUT2D eigenvalue weighted by molar-refractivity contribution is -0.144. The third-order valence-corrected chi connectivity index (χ3v) is 15.1. The highest BCUT2D eigenvalue weighted by Gasteiger charge is 2.67. The molecule has 284 valence electrons. The number of nitrogens with one attached hydrogen (secondary N) is 1. The van der Waals surface area contributed by atoms with Gasteiger partial charge in [0, 0.05) is 45.5 Å². The zero-order chi connectivity index (χ0) is 38.5. The average molecular weight is 721 g/mol. The number of fused-ring (bicyclic) bond motifs is 11. The molecule has 3 N–H and O–H groups in total. The molecule has 2 unspecified atom stereocenters. The standard InChI is InChI=1S/C46H60N2O5/c1-23(2)37-40(52)35-34-27(30-22-42(6,7)53-43(8,9)36(30)39(34)51)21-28-29-20-26-13-14-31-44(10,17-15-25(5)19-33(50)47-24(3)4)32(49)16-18-45(31,11)46(26,12)41(29)48(37)38(28)35/h15,17,19,21-22,24,26,31-32,36-37,39,49,51H,1,13-14,16,18,20H2,2-12H3,(H,47,50)/b17-15+,25-19+/t26?,31-,32-,36?,37-,39+,44-,45-,46+/m0/s1. The minimum absolute atomic E-state index is 0.0357. The van der Waals surface area contributed by atoms with Crippen LogP contribution in [-0.4, -0.2) is 49.8 Å². The van der Waals surface area contributed by atoms with Gasteiger partial charge in [-0.2, -0.15) is 0 Å². The predicted octanol–water partition coefficient (Wildman–Crippen LogP) is 8.62. The number of carbonyl (C=O) groups is 2. The van der Waals surface area contributed by atoms with Gasteiger partial charge < -0.3 is 24.8 Å². The average Bonchev–Trinajstić information content (AvgIpc) is 3.70. The van der Waals surface area contributed by atoms with Gasteiger partial charge in [0.25, 0.3) is 0 Å². The monoisotopic (exact) mass is 720 g/mol. The van der Waals surface area contributed by atoms with Crippen LogP contribution >= 0.6 is 0 Å². The molecule has 9 atom stereocenters. The number of carbonyl (C=O) groups excluding carboxylic acids is 2. The predicted molar refractivity (Wildman–Crippen MR) is 211 cm³/mol. The van der Waals surface area contributed by atoms with Crippen LogP contribution in [0.3, 0.4) is 0 Å². The summed E-state index contributed by atoms with van der Waals surface area (Å²) in [6.07, 6.45) is 11.2. The van der Waals surface area contributed by atoms with Crippen LogP contribution in [0.5, 0.6) is 0 Å². The van der Waals surface area contributed by atoms with E-state index in [9.17, 15) is 19.8 Å². The number of rotatable bonds is 5. The molecule has 0 bridgehead atoms. The van der Waals surface area contributed by atoms with Gasteiger partial charge in [0.2, 0.25) is 5.91 Å². The maximum Gasteiger partial charge on any atom is 0.244 e. The number of nitrogens with zero attached hydrogens (tertiary/aromatic N) is 1. The Bertz CT molecular complexity index is 2090. The molecule has 53 heavy (non-hydrogen) atoms. The summed E-state index contributed by atoms with van der Waals surface area (Å²) in [6, 6.07) is 1.84. The van der Waals surface area contributed by atoms with E-state index in [0.29, 0.717) is 17.9 Å².